The van der Waals surface area contributed by atoms with Crippen LogP contribution in [-0.2, 0) is 20.7 Å². The van der Waals surface area contributed by atoms with Gasteiger partial charge in [0.2, 0.25) is 0 Å². The summed E-state index contributed by atoms with van der Waals surface area (Å²) in [6, 6.07) is 15.3. The SMILES string of the molecule is COCCc1ccc(Oc2ccc(NC(=O)C3(OC)CCNCC3)cc2)cc1.Cl. The van der Waals surface area contributed by atoms with Crippen molar-refractivity contribution in [1.29, 1.82) is 0 Å². The predicted molar refractivity (Wildman–Crippen MR) is 116 cm³/mol. The molecule has 29 heavy (non-hydrogen) atoms. The number of anilines is 1. The molecule has 0 spiro atoms. The minimum atomic E-state index is -0.759. The third-order valence-corrected chi connectivity index (χ3v) is 5.08. The molecule has 3 rings (SSSR count). The number of benzene rings is 2. The molecule has 1 aliphatic heterocycles. The molecule has 1 heterocycles. The maximum Gasteiger partial charge on any atom is 0.256 e. The molecule has 6 nitrogen and oxygen atoms in total. The molecule has 1 aliphatic rings. The van der Waals surface area contributed by atoms with Crippen molar-refractivity contribution in [3.63, 3.8) is 0 Å². The number of methoxy groups -OCH3 is 2. The molecule has 0 saturated carbocycles. The van der Waals surface area contributed by atoms with Crippen molar-refractivity contribution in [3.8, 4) is 11.5 Å². The lowest BCUT2D eigenvalue weighted by Crippen LogP contribution is -2.51. The summed E-state index contributed by atoms with van der Waals surface area (Å²) in [5.41, 5.74) is 1.17. The molecule has 0 atom stereocenters. The van der Waals surface area contributed by atoms with Gasteiger partial charge < -0.3 is 24.8 Å². The van der Waals surface area contributed by atoms with Crippen molar-refractivity contribution in [3.05, 3.63) is 54.1 Å². The molecule has 1 amide bonds. The highest BCUT2D eigenvalue weighted by molar-refractivity contribution is 5.97. The summed E-state index contributed by atoms with van der Waals surface area (Å²) >= 11 is 0. The number of amides is 1. The minimum Gasteiger partial charge on any atom is -0.457 e. The van der Waals surface area contributed by atoms with Crippen LogP contribution in [0.3, 0.4) is 0 Å². The number of halogens is 1. The molecule has 0 radical (unpaired) electrons. The Kier molecular flexibility index (Phi) is 8.92. The number of carbonyl (C=O) groups is 1. The fraction of sp³-hybridized carbons (Fsp3) is 0.409. The standard InChI is InChI=1S/C22H28N2O4.ClH/c1-26-16-11-17-3-7-19(8-4-17)28-20-9-5-18(6-10-20)24-21(25)22(27-2)12-14-23-15-13-22;/h3-10,23H,11-16H2,1-2H3,(H,24,25);1H. The predicted octanol–water partition coefficient (Wildman–Crippen LogP) is 3.80. The zero-order chi connectivity index (χ0) is 19.8. The number of hydrogen-bond acceptors (Lipinski definition) is 5. The summed E-state index contributed by atoms with van der Waals surface area (Å²) in [4.78, 5) is 12.7. The van der Waals surface area contributed by atoms with Gasteiger partial charge in [0, 0.05) is 19.9 Å². The average molecular weight is 421 g/mol. The molecule has 0 unspecified atom stereocenters. The molecule has 7 heteroatoms. The van der Waals surface area contributed by atoms with Gasteiger partial charge >= 0.3 is 0 Å². The fourth-order valence-electron chi connectivity index (χ4n) is 3.29. The van der Waals surface area contributed by atoms with Crippen LogP contribution in [0.1, 0.15) is 18.4 Å². The largest absolute Gasteiger partial charge is 0.457 e. The van der Waals surface area contributed by atoms with Crippen LogP contribution in [0.4, 0.5) is 5.69 Å². The van der Waals surface area contributed by atoms with E-state index < -0.39 is 5.60 Å². The van der Waals surface area contributed by atoms with E-state index in [2.05, 4.69) is 10.6 Å². The molecule has 0 aromatic heterocycles. The van der Waals surface area contributed by atoms with Gasteiger partial charge in [0.15, 0.2) is 0 Å². The van der Waals surface area contributed by atoms with E-state index in [9.17, 15) is 4.79 Å². The zero-order valence-corrected chi connectivity index (χ0v) is 17.7. The summed E-state index contributed by atoms with van der Waals surface area (Å²) in [7, 11) is 3.30. The lowest BCUT2D eigenvalue weighted by Gasteiger charge is -2.34. The minimum absolute atomic E-state index is 0. The Hall–Kier alpha value is -2.12. The molecule has 0 bridgehead atoms. The average Bonchev–Trinajstić information content (AvgIpc) is 2.75. The number of nitrogens with one attached hydrogen (secondary N) is 2. The smallest absolute Gasteiger partial charge is 0.256 e. The van der Waals surface area contributed by atoms with Crippen LogP contribution in [0.5, 0.6) is 11.5 Å². The van der Waals surface area contributed by atoms with Crippen molar-refractivity contribution in [2.75, 3.05) is 39.2 Å². The Bertz CT molecular complexity index is 759. The van der Waals surface area contributed by atoms with Gasteiger partial charge in [-0.05, 0) is 74.3 Å². The Morgan fingerprint density at radius 1 is 1.00 bits per heavy atom. The summed E-state index contributed by atoms with van der Waals surface area (Å²) in [5.74, 6) is 1.38. The van der Waals surface area contributed by atoms with Crippen LogP contribution in [0, 0.1) is 0 Å². The molecule has 2 aromatic carbocycles. The third kappa shape index (κ3) is 6.18. The van der Waals surface area contributed by atoms with E-state index in [1.807, 2.05) is 48.5 Å². The molecule has 1 saturated heterocycles. The highest BCUT2D eigenvalue weighted by Crippen LogP contribution is 2.27. The van der Waals surface area contributed by atoms with Crippen molar-refractivity contribution in [2.24, 2.45) is 0 Å². The van der Waals surface area contributed by atoms with Crippen molar-refractivity contribution >= 4 is 24.0 Å². The lowest BCUT2D eigenvalue weighted by molar-refractivity contribution is -0.140. The first-order valence-corrected chi connectivity index (χ1v) is 9.58. The summed E-state index contributed by atoms with van der Waals surface area (Å²) in [6.07, 6.45) is 2.21. The van der Waals surface area contributed by atoms with E-state index in [1.54, 1.807) is 14.2 Å². The van der Waals surface area contributed by atoms with Crippen molar-refractivity contribution in [2.45, 2.75) is 24.9 Å². The number of hydrogen-bond donors (Lipinski definition) is 2. The van der Waals surface area contributed by atoms with E-state index in [1.165, 1.54) is 5.56 Å². The van der Waals surface area contributed by atoms with E-state index in [-0.39, 0.29) is 18.3 Å². The normalized spacial score (nSPS) is 15.2. The second kappa shape index (κ2) is 11.2. The second-order valence-electron chi connectivity index (χ2n) is 6.92. The number of rotatable bonds is 8. The zero-order valence-electron chi connectivity index (χ0n) is 16.9. The second-order valence-corrected chi connectivity index (χ2v) is 6.92. The molecule has 1 fully saturated rings. The molecular formula is C22H29ClN2O4. The van der Waals surface area contributed by atoms with E-state index in [0.29, 0.717) is 25.2 Å². The molecular weight excluding hydrogens is 392 g/mol. The Morgan fingerprint density at radius 2 is 1.59 bits per heavy atom. The first-order valence-electron chi connectivity index (χ1n) is 9.58. The lowest BCUT2D eigenvalue weighted by atomic mass is 9.91. The van der Waals surface area contributed by atoms with Gasteiger partial charge in [-0.15, -0.1) is 12.4 Å². The van der Waals surface area contributed by atoms with E-state index >= 15 is 0 Å². The Labute approximate surface area is 178 Å². The molecule has 2 N–H and O–H groups in total. The topological polar surface area (TPSA) is 68.8 Å². The monoisotopic (exact) mass is 420 g/mol. The summed E-state index contributed by atoms with van der Waals surface area (Å²) in [6.45, 7) is 2.25. The van der Waals surface area contributed by atoms with Crippen molar-refractivity contribution < 1.29 is 19.0 Å². The number of piperidine rings is 1. The first kappa shape index (κ1) is 23.2. The maximum atomic E-state index is 12.7. The highest BCUT2D eigenvalue weighted by atomic mass is 35.5. The third-order valence-electron chi connectivity index (χ3n) is 5.08. The van der Waals surface area contributed by atoms with E-state index in [4.69, 9.17) is 14.2 Å². The number of ether oxygens (including phenoxy) is 3. The fourth-order valence-corrected chi connectivity index (χ4v) is 3.29. The van der Waals surface area contributed by atoms with E-state index in [0.717, 1.165) is 30.9 Å². The highest BCUT2D eigenvalue weighted by Gasteiger charge is 2.39. The quantitative estimate of drug-likeness (QED) is 0.679. The molecule has 158 valence electrons. The van der Waals surface area contributed by atoms with Gasteiger partial charge in [0.25, 0.3) is 5.91 Å². The molecule has 2 aromatic rings. The summed E-state index contributed by atoms with van der Waals surface area (Å²) in [5, 5.41) is 6.22. The summed E-state index contributed by atoms with van der Waals surface area (Å²) < 4.78 is 16.5. The van der Waals surface area contributed by atoms with Crippen molar-refractivity contribution in [1.82, 2.24) is 5.32 Å². The Morgan fingerprint density at radius 3 is 2.14 bits per heavy atom. The van der Waals surface area contributed by atoms with Gasteiger partial charge in [-0.1, -0.05) is 12.1 Å². The van der Waals surface area contributed by atoms with Crippen LogP contribution in [0.15, 0.2) is 48.5 Å². The van der Waals surface area contributed by atoms with Crippen LogP contribution < -0.4 is 15.4 Å². The van der Waals surface area contributed by atoms with Crippen LogP contribution in [0.2, 0.25) is 0 Å². The van der Waals surface area contributed by atoms with Gasteiger partial charge in [0.1, 0.15) is 17.1 Å². The Balaban J connectivity index is 0.00000300. The van der Waals surface area contributed by atoms with Gasteiger partial charge in [-0.3, -0.25) is 4.79 Å². The van der Waals surface area contributed by atoms with Gasteiger partial charge in [0.05, 0.1) is 6.61 Å². The number of carbonyl (C=O) groups excluding carboxylic acids is 1. The van der Waals surface area contributed by atoms with Crippen LogP contribution >= 0.6 is 12.4 Å². The van der Waals surface area contributed by atoms with Crippen LogP contribution in [0.25, 0.3) is 0 Å². The van der Waals surface area contributed by atoms with Gasteiger partial charge in [-0.25, -0.2) is 0 Å². The van der Waals surface area contributed by atoms with Crippen LogP contribution in [-0.4, -0.2) is 45.4 Å². The van der Waals surface area contributed by atoms with Gasteiger partial charge in [-0.2, -0.15) is 0 Å². The maximum absolute atomic E-state index is 12.7. The molecule has 0 aliphatic carbocycles. The first-order chi connectivity index (χ1) is 13.6.